The lowest BCUT2D eigenvalue weighted by Crippen LogP contribution is -2.27. The summed E-state index contributed by atoms with van der Waals surface area (Å²) in [5.74, 6) is 1.55. The van der Waals surface area contributed by atoms with Gasteiger partial charge < -0.3 is 5.32 Å². The highest BCUT2D eigenvalue weighted by atomic mass is 15.4. The highest BCUT2D eigenvalue weighted by Crippen LogP contribution is 2.26. The van der Waals surface area contributed by atoms with Crippen LogP contribution in [0.1, 0.15) is 26.3 Å². The normalized spacial score (nSPS) is 22.1. The molecule has 1 aromatic rings. The van der Waals surface area contributed by atoms with E-state index in [0.29, 0.717) is 12.0 Å². The summed E-state index contributed by atoms with van der Waals surface area (Å²) >= 11 is 0. The van der Waals surface area contributed by atoms with Crippen LogP contribution in [0, 0.1) is 5.92 Å². The minimum Gasteiger partial charge on any atom is -0.354 e. The number of hydrogen-bond donors (Lipinski definition) is 1. The van der Waals surface area contributed by atoms with Crippen molar-refractivity contribution in [1.29, 1.82) is 0 Å². The topological polar surface area (TPSA) is 42.7 Å². The molecule has 0 saturated heterocycles. The first-order chi connectivity index (χ1) is 5.79. The molecule has 0 radical (unpaired) electrons. The quantitative estimate of drug-likeness (QED) is 0.683. The van der Waals surface area contributed by atoms with Crippen LogP contribution in [-0.2, 0) is 0 Å². The average molecular weight is 166 g/mol. The Hall–Kier alpha value is -1.06. The average Bonchev–Trinajstić information content (AvgIpc) is 2.49. The maximum Gasteiger partial charge on any atom is 0.221 e. The summed E-state index contributed by atoms with van der Waals surface area (Å²) in [6.45, 7) is 5.46. The Labute approximate surface area is 72.0 Å². The molecule has 0 amide bonds. The first-order valence-corrected chi connectivity index (χ1v) is 4.42. The van der Waals surface area contributed by atoms with Crippen molar-refractivity contribution in [2.75, 3.05) is 11.9 Å². The lowest BCUT2D eigenvalue weighted by atomic mass is 10.0. The summed E-state index contributed by atoms with van der Waals surface area (Å²) < 4.78 is 1.99. The number of rotatable bonds is 1. The zero-order valence-corrected chi connectivity index (χ0v) is 7.49. The second-order valence-corrected chi connectivity index (χ2v) is 3.56. The van der Waals surface area contributed by atoms with Crippen LogP contribution in [0.4, 0.5) is 5.95 Å². The molecule has 4 nitrogen and oxygen atoms in total. The van der Waals surface area contributed by atoms with Gasteiger partial charge in [0.2, 0.25) is 5.95 Å². The van der Waals surface area contributed by atoms with Crippen molar-refractivity contribution in [2.45, 2.75) is 26.3 Å². The van der Waals surface area contributed by atoms with Crippen molar-refractivity contribution in [1.82, 2.24) is 14.8 Å². The molecular formula is C8H14N4. The molecule has 0 spiro atoms. The number of fused-ring (bicyclic) bond motifs is 1. The molecule has 0 bridgehead atoms. The molecule has 2 rings (SSSR count). The van der Waals surface area contributed by atoms with Crippen LogP contribution in [0.2, 0.25) is 0 Å². The predicted octanol–water partition coefficient (Wildman–Crippen LogP) is 1.29. The third-order valence-electron chi connectivity index (χ3n) is 2.38. The van der Waals surface area contributed by atoms with Gasteiger partial charge in [0.05, 0.1) is 6.04 Å². The van der Waals surface area contributed by atoms with Gasteiger partial charge in [-0.2, -0.15) is 10.1 Å². The highest BCUT2D eigenvalue weighted by molar-refractivity contribution is 5.26. The van der Waals surface area contributed by atoms with Gasteiger partial charge in [0.25, 0.3) is 0 Å². The monoisotopic (exact) mass is 166 g/mol. The van der Waals surface area contributed by atoms with Crippen LogP contribution < -0.4 is 5.32 Å². The number of nitrogens with zero attached hydrogens (tertiary/aromatic N) is 3. The number of aromatic nitrogens is 3. The Morgan fingerprint density at radius 1 is 1.67 bits per heavy atom. The molecule has 1 aliphatic rings. The van der Waals surface area contributed by atoms with E-state index in [-0.39, 0.29) is 0 Å². The molecule has 0 aliphatic carbocycles. The summed E-state index contributed by atoms with van der Waals surface area (Å²) in [6, 6.07) is 0.517. The SMILES string of the molecule is CC(C)C1CCNc2ncnn21. The second kappa shape index (κ2) is 2.77. The van der Waals surface area contributed by atoms with Crippen molar-refractivity contribution in [3.05, 3.63) is 6.33 Å². The third kappa shape index (κ3) is 1.07. The van der Waals surface area contributed by atoms with E-state index in [4.69, 9.17) is 0 Å². The van der Waals surface area contributed by atoms with Gasteiger partial charge in [-0.25, -0.2) is 4.68 Å². The van der Waals surface area contributed by atoms with Crippen molar-refractivity contribution in [3.8, 4) is 0 Å². The van der Waals surface area contributed by atoms with Gasteiger partial charge in [-0.15, -0.1) is 0 Å². The van der Waals surface area contributed by atoms with Crippen LogP contribution in [0.3, 0.4) is 0 Å². The second-order valence-electron chi connectivity index (χ2n) is 3.56. The summed E-state index contributed by atoms with van der Waals surface area (Å²) in [5, 5.41) is 7.42. The Morgan fingerprint density at radius 2 is 2.50 bits per heavy atom. The molecule has 66 valence electrons. The van der Waals surface area contributed by atoms with Crippen LogP contribution in [-0.4, -0.2) is 21.3 Å². The largest absolute Gasteiger partial charge is 0.354 e. The molecule has 0 aromatic carbocycles. The first-order valence-electron chi connectivity index (χ1n) is 4.42. The van der Waals surface area contributed by atoms with Crippen molar-refractivity contribution >= 4 is 5.95 Å². The minimum absolute atomic E-state index is 0.517. The Morgan fingerprint density at radius 3 is 3.25 bits per heavy atom. The maximum atomic E-state index is 4.20. The fraction of sp³-hybridized carbons (Fsp3) is 0.750. The van der Waals surface area contributed by atoms with Crippen molar-refractivity contribution in [3.63, 3.8) is 0 Å². The van der Waals surface area contributed by atoms with Gasteiger partial charge in [-0.05, 0) is 12.3 Å². The van der Waals surface area contributed by atoms with E-state index in [2.05, 4.69) is 29.2 Å². The molecule has 1 aromatic heterocycles. The first kappa shape index (κ1) is 7.58. The zero-order valence-electron chi connectivity index (χ0n) is 7.49. The van der Waals surface area contributed by atoms with Crippen LogP contribution in [0.5, 0.6) is 0 Å². The summed E-state index contributed by atoms with van der Waals surface area (Å²) in [6.07, 6.45) is 2.76. The van der Waals surface area contributed by atoms with Gasteiger partial charge in [0.1, 0.15) is 6.33 Å². The maximum absolute atomic E-state index is 4.20. The number of anilines is 1. The van der Waals surface area contributed by atoms with E-state index in [1.54, 1.807) is 6.33 Å². The molecular weight excluding hydrogens is 152 g/mol. The molecule has 4 heteroatoms. The minimum atomic E-state index is 0.517. The fourth-order valence-electron chi connectivity index (χ4n) is 1.69. The molecule has 2 heterocycles. The van der Waals surface area contributed by atoms with E-state index in [1.807, 2.05) is 4.68 Å². The smallest absolute Gasteiger partial charge is 0.221 e. The molecule has 0 fully saturated rings. The van der Waals surface area contributed by atoms with E-state index in [0.717, 1.165) is 18.9 Å². The summed E-state index contributed by atoms with van der Waals surface area (Å²) in [4.78, 5) is 4.13. The van der Waals surface area contributed by atoms with Crippen molar-refractivity contribution < 1.29 is 0 Å². The van der Waals surface area contributed by atoms with Gasteiger partial charge in [0.15, 0.2) is 0 Å². The van der Waals surface area contributed by atoms with E-state index < -0.39 is 0 Å². The zero-order chi connectivity index (χ0) is 8.55. The molecule has 1 unspecified atom stereocenters. The van der Waals surface area contributed by atoms with E-state index in [9.17, 15) is 0 Å². The van der Waals surface area contributed by atoms with Gasteiger partial charge in [-0.1, -0.05) is 13.8 Å². The third-order valence-corrected chi connectivity index (χ3v) is 2.38. The predicted molar refractivity (Wildman–Crippen MR) is 47.0 cm³/mol. The van der Waals surface area contributed by atoms with Gasteiger partial charge in [0, 0.05) is 6.54 Å². The van der Waals surface area contributed by atoms with E-state index >= 15 is 0 Å². The number of nitrogens with one attached hydrogen (secondary N) is 1. The molecule has 1 N–H and O–H groups in total. The standard InChI is InChI=1S/C8H14N4/c1-6(2)7-3-4-9-8-10-5-11-12(7)8/h5-7H,3-4H2,1-2H3,(H,9,10,11). The summed E-state index contributed by atoms with van der Waals surface area (Å²) in [5.41, 5.74) is 0. The lowest BCUT2D eigenvalue weighted by molar-refractivity contribution is 0.322. The van der Waals surface area contributed by atoms with Gasteiger partial charge in [-0.3, -0.25) is 0 Å². The van der Waals surface area contributed by atoms with Crippen LogP contribution >= 0.6 is 0 Å². The Kier molecular flexibility index (Phi) is 1.75. The van der Waals surface area contributed by atoms with E-state index in [1.165, 1.54) is 0 Å². The fourth-order valence-corrected chi connectivity index (χ4v) is 1.69. The van der Waals surface area contributed by atoms with Crippen LogP contribution in [0.25, 0.3) is 0 Å². The molecule has 1 aliphatic heterocycles. The molecule has 0 saturated carbocycles. The van der Waals surface area contributed by atoms with Crippen molar-refractivity contribution in [2.24, 2.45) is 5.92 Å². The Bertz CT molecular complexity index is 266. The number of hydrogen-bond acceptors (Lipinski definition) is 3. The summed E-state index contributed by atoms with van der Waals surface area (Å²) in [7, 11) is 0. The van der Waals surface area contributed by atoms with Crippen LogP contribution in [0.15, 0.2) is 6.33 Å². The molecule has 12 heavy (non-hydrogen) atoms. The highest BCUT2D eigenvalue weighted by Gasteiger charge is 2.22. The Balaban J connectivity index is 2.31. The lowest BCUT2D eigenvalue weighted by Gasteiger charge is -2.27. The van der Waals surface area contributed by atoms with Gasteiger partial charge >= 0.3 is 0 Å². The molecule has 1 atom stereocenters.